The smallest absolute Gasteiger partial charge is 0.0562 e. The van der Waals surface area contributed by atoms with E-state index < -0.39 is 0 Å². The molecule has 0 bridgehead atoms. The third kappa shape index (κ3) is 3.42. The second-order valence-corrected chi connectivity index (χ2v) is 5.49. The van der Waals surface area contributed by atoms with Crippen molar-refractivity contribution in [3.8, 4) is 0 Å². The summed E-state index contributed by atoms with van der Waals surface area (Å²) in [4.78, 5) is 1.01. The van der Waals surface area contributed by atoms with Crippen molar-refractivity contribution in [3.05, 3.63) is 59.1 Å². The summed E-state index contributed by atoms with van der Waals surface area (Å²) in [5, 5.41) is 0.681. The highest BCUT2D eigenvalue weighted by atomic mass is 35.5. The first kappa shape index (κ1) is 13.3. The van der Waals surface area contributed by atoms with E-state index in [1.807, 2.05) is 42.5 Å². The number of anilines is 1. The molecule has 2 rings (SSSR count). The summed E-state index contributed by atoms with van der Waals surface area (Å²) in [5.41, 5.74) is 13.6. The van der Waals surface area contributed by atoms with Gasteiger partial charge < -0.3 is 11.5 Å². The number of hydrogen-bond acceptors (Lipinski definition) is 3. The summed E-state index contributed by atoms with van der Waals surface area (Å²) in [6, 6.07) is 15.6. The highest BCUT2D eigenvalue weighted by Gasteiger charge is 2.08. The molecule has 0 radical (unpaired) electrons. The van der Waals surface area contributed by atoms with E-state index >= 15 is 0 Å². The number of benzene rings is 2. The molecule has 0 aliphatic carbocycles. The largest absolute Gasteiger partial charge is 0.399 e. The topological polar surface area (TPSA) is 52.0 Å². The quantitative estimate of drug-likeness (QED) is 0.662. The predicted octanol–water partition coefficient (Wildman–Crippen LogP) is 3.71. The van der Waals surface area contributed by atoms with Gasteiger partial charge in [-0.3, -0.25) is 0 Å². The molecule has 2 aromatic carbocycles. The Labute approximate surface area is 116 Å². The molecule has 18 heavy (non-hydrogen) atoms. The molecular formula is C14H15ClN2S. The molecule has 0 aliphatic rings. The first-order valence-electron chi connectivity index (χ1n) is 5.65. The van der Waals surface area contributed by atoms with Crippen LogP contribution in [-0.2, 0) is 0 Å². The summed E-state index contributed by atoms with van der Waals surface area (Å²) in [6.45, 7) is 0. The van der Waals surface area contributed by atoms with Crippen LogP contribution >= 0.6 is 23.4 Å². The van der Waals surface area contributed by atoms with E-state index in [9.17, 15) is 0 Å². The molecule has 4 N–H and O–H groups in total. The maximum Gasteiger partial charge on any atom is 0.0562 e. The molecule has 0 aromatic heterocycles. The van der Waals surface area contributed by atoms with Crippen molar-refractivity contribution in [2.45, 2.75) is 10.9 Å². The zero-order valence-corrected chi connectivity index (χ0v) is 11.4. The van der Waals surface area contributed by atoms with Crippen LogP contribution in [0.3, 0.4) is 0 Å². The van der Waals surface area contributed by atoms with Crippen molar-refractivity contribution in [1.29, 1.82) is 0 Å². The van der Waals surface area contributed by atoms with E-state index in [0.717, 1.165) is 16.2 Å². The van der Waals surface area contributed by atoms with E-state index in [-0.39, 0.29) is 6.04 Å². The fourth-order valence-corrected chi connectivity index (χ4v) is 2.88. The van der Waals surface area contributed by atoms with Crippen LogP contribution in [0.5, 0.6) is 0 Å². The maximum atomic E-state index is 6.13. The van der Waals surface area contributed by atoms with Gasteiger partial charge in [0.05, 0.1) is 5.02 Å². The molecule has 0 saturated carbocycles. The summed E-state index contributed by atoms with van der Waals surface area (Å²) in [5.74, 6) is 0.785. The molecule has 0 saturated heterocycles. The van der Waals surface area contributed by atoms with E-state index in [2.05, 4.69) is 0 Å². The molecule has 0 aliphatic heterocycles. The van der Waals surface area contributed by atoms with Gasteiger partial charge in [0, 0.05) is 22.4 Å². The van der Waals surface area contributed by atoms with E-state index in [4.69, 9.17) is 23.1 Å². The van der Waals surface area contributed by atoms with Gasteiger partial charge in [-0.25, -0.2) is 0 Å². The Balaban J connectivity index is 1.99. The SMILES string of the molecule is Nc1ccc(SCC(N)c2ccccc2)c(Cl)c1. The van der Waals surface area contributed by atoms with Gasteiger partial charge in [0.15, 0.2) is 0 Å². The van der Waals surface area contributed by atoms with Gasteiger partial charge in [-0.1, -0.05) is 41.9 Å². The highest BCUT2D eigenvalue weighted by molar-refractivity contribution is 7.99. The van der Waals surface area contributed by atoms with Crippen LogP contribution in [0.15, 0.2) is 53.4 Å². The second kappa shape index (κ2) is 6.14. The van der Waals surface area contributed by atoms with Crippen LogP contribution in [0.1, 0.15) is 11.6 Å². The number of nitrogen functional groups attached to an aromatic ring is 1. The minimum absolute atomic E-state index is 0.00446. The third-order valence-electron chi connectivity index (χ3n) is 2.60. The molecule has 0 fully saturated rings. The first-order valence-corrected chi connectivity index (χ1v) is 7.01. The zero-order valence-electron chi connectivity index (χ0n) is 9.84. The monoisotopic (exact) mass is 278 g/mol. The van der Waals surface area contributed by atoms with Crippen molar-refractivity contribution < 1.29 is 0 Å². The Morgan fingerprint density at radius 2 is 1.83 bits per heavy atom. The molecule has 1 unspecified atom stereocenters. The zero-order chi connectivity index (χ0) is 13.0. The van der Waals surface area contributed by atoms with Crippen LogP contribution in [-0.4, -0.2) is 5.75 Å². The Morgan fingerprint density at radius 1 is 1.11 bits per heavy atom. The standard InChI is InChI=1S/C14H15ClN2S/c15-12-8-11(16)6-7-14(12)18-9-13(17)10-4-2-1-3-5-10/h1-8,13H,9,16-17H2. The lowest BCUT2D eigenvalue weighted by Gasteiger charge is -2.12. The number of nitrogens with two attached hydrogens (primary N) is 2. The molecule has 4 heteroatoms. The maximum absolute atomic E-state index is 6.13. The average Bonchev–Trinajstić information content (AvgIpc) is 2.38. The van der Waals surface area contributed by atoms with Crippen LogP contribution in [0.4, 0.5) is 5.69 Å². The molecule has 0 amide bonds. The summed E-state index contributed by atoms with van der Waals surface area (Å²) in [6.07, 6.45) is 0. The Kier molecular flexibility index (Phi) is 4.53. The minimum Gasteiger partial charge on any atom is -0.399 e. The van der Waals surface area contributed by atoms with Crippen molar-refractivity contribution in [2.24, 2.45) is 5.73 Å². The predicted molar refractivity (Wildman–Crippen MR) is 80.0 cm³/mol. The van der Waals surface area contributed by atoms with Crippen molar-refractivity contribution in [3.63, 3.8) is 0 Å². The van der Waals surface area contributed by atoms with Gasteiger partial charge in [0.2, 0.25) is 0 Å². The number of rotatable bonds is 4. The van der Waals surface area contributed by atoms with Crippen molar-refractivity contribution >= 4 is 29.1 Å². The lowest BCUT2D eigenvalue weighted by molar-refractivity contribution is 0.831. The lowest BCUT2D eigenvalue weighted by Crippen LogP contribution is -2.12. The van der Waals surface area contributed by atoms with Gasteiger partial charge >= 0.3 is 0 Å². The molecule has 1 atom stereocenters. The normalized spacial score (nSPS) is 12.3. The number of halogens is 1. The molecule has 2 nitrogen and oxygen atoms in total. The van der Waals surface area contributed by atoms with Crippen LogP contribution in [0.2, 0.25) is 5.02 Å². The van der Waals surface area contributed by atoms with Crippen molar-refractivity contribution in [2.75, 3.05) is 11.5 Å². The summed E-state index contributed by atoms with van der Waals surface area (Å²) >= 11 is 7.76. The summed E-state index contributed by atoms with van der Waals surface area (Å²) in [7, 11) is 0. The van der Waals surface area contributed by atoms with Gasteiger partial charge in [-0.05, 0) is 23.8 Å². The number of thioether (sulfide) groups is 1. The van der Waals surface area contributed by atoms with Gasteiger partial charge in [-0.15, -0.1) is 11.8 Å². The van der Waals surface area contributed by atoms with Gasteiger partial charge in [-0.2, -0.15) is 0 Å². The Hall–Kier alpha value is -1.16. The third-order valence-corrected chi connectivity index (χ3v) is 4.22. The van der Waals surface area contributed by atoms with E-state index in [0.29, 0.717) is 10.7 Å². The molecule has 0 heterocycles. The van der Waals surface area contributed by atoms with E-state index in [1.165, 1.54) is 0 Å². The summed E-state index contributed by atoms with van der Waals surface area (Å²) < 4.78 is 0. The number of hydrogen-bond donors (Lipinski definition) is 2. The fraction of sp³-hybridized carbons (Fsp3) is 0.143. The van der Waals surface area contributed by atoms with Gasteiger partial charge in [0.25, 0.3) is 0 Å². The van der Waals surface area contributed by atoms with Gasteiger partial charge in [0.1, 0.15) is 0 Å². The molecular weight excluding hydrogens is 264 g/mol. The highest BCUT2D eigenvalue weighted by Crippen LogP contribution is 2.30. The second-order valence-electron chi connectivity index (χ2n) is 4.02. The Bertz CT molecular complexity index is 516. The molecule has 0 spiro atoms. The fourth-order valence-electron chi connectivity index (χ4n) is 1.61. The molecule has 2 aromatic rings. The average molecular weight is 279 g/mol. The van der Waals surface area contributed by atoms with E-state index in [1.54, 1.807) is 17.8 Å². The van der Waals surface area contributed by atoms with Crippen LogP contribution < -0.4 is 11.5 Å². The first-order chi connectivity index (χ1) is 8.66. The van der Waals surface area contributed by atoms with Crippen LogP contribution in [0.25, 0.3) is 0 Å². The lowest BCUT2D eigenvalue weighted by atomic mass is 10.1. The Morgan fingerprint density at radius 3 is 2.50 bits per heavy atom. The van der Waals surface area contributed by atoms with Crippen LogP contribution in [0, 0.1) is 0 Å². The molecule has 94 valence electrons. The minimum atomic E-state index is 0.00446. The van der Waals surface area contributed by atoms with Crippen molar-refractivity contribution in [1.82, 2.24) is 0 Å².